The van der Waals surface area contributed by atoms with Gasteiger partial charge >= 0.3 is 0 Å². The van der Waals surface area contributed by atoms with Gasteiger partial charge in [-0.05, 0) is 31.9 Å². The Morgan fingerprint density at radius 3 is 2.60 bits per heavy atom. The van der Waals surface area contributed by atoms with Crippen molar-refractivity contribution < 1.29 is 4.74 Å². The molecule has 0 amide bonds. The number of benzene rings is 1. The normalized spacial score (nSPS) is 11.7. The van der Waals surface area contributed by atoms with Crippen molar-refractivity contribution in [3.63, 3.8) is 0 Å². The number of hydrogen-bond donors (Lipinski definition) is 0. The van der Waals surface area contributed by atoms with E-state index in [2.05, 4.69) is 55.8 Å². The van der Waals surface area contributed by atoms with Crippen molar-refractivity contribution in [2.24, 2.45) is 0 Å². The molecule has 1 aromatic rings. The van der Waals surface area contributed by atoms with Crippen molar-refractivity contribution in [2.45, 2.75) is 31.7 Å². The molecule has 0 aliphatic rings. The standard InChI is InChI=1S/C12H18BBrO/c1-4-15-12(2,3)10-7-9(8-14)5-6-11(10)13/h5-7H,4,8,13H2,1-3H3. The summed E-state index contributed by atoms with van der Waals surface area (Å²) in [6.07, 6.45) is 0. The fraction of sp³-hybridized carbons (Fsp3) is 0.500. The monoisotopic (exact) mass is 268 g/mol. The second kappa shape index (κ2) is 5.17. The van der Waals surface area contributed by atoms with Gasteiger partial charge in [0.05, 0.1) is 5.60 Å². The summed E-state index contributed by atoms with van der Waals surface area (Å²) in [5.74, 6) is 0. The molecular weight excluding hydrogens is 251 g/mol. The first-order valence-electron chi connectivity index (χ1n) is 5.31. The molecule has 0 unspecified atom stereocenters. The summed E-state index contributed by atoms with van der Waals surface area (Å²) in [5, 5.41) is 0.891. The van der Waals surface area contributed by atoms with E-state index in [0.29, 0.717) is 0 Å². The van der Waals surface area contributed by atoms with Crippen LogP contribution in [0.1, 0.15) is 31.9 Å². The van der Waals surface area contributed by atoms with Gasteiger partial charge in [0, 0.05) is 11.9 Å². The Labute approximate surface area is 102 Å². The van der Waals surface area contributed by atoms with E-state index in [4.69, 9.17) is 4.74 Å². The lowest BCUT2D eigenvalue weighted by molar-refractivity contribution is -0.0132. The maximum atomic E-state index is 5.78. The molecule has 0 atom stereocenters. The third-order valence-corrected chi connectivity index (χ3v) is 3.26. The molecule has 0 spiro atoms. The smallest absolute Gasteiger partial charge is 0.139 e. The highest BCUT2D eigenvalue weighted by Crippen LogP contribution is 2.24. The second-order valence-electron chi connectivity index (χ2n) is 4.23. The Kier molecular flexibility index (Phi) is 4.41. The lowest BCUT2D eigenvalue weighted by atomic mass is 9.82. The largest absolute Gasteiger partial charge is 0.371 e. The molecule has 0 aromatic heterocycles. The van der Waals surface area contributed by atoms with Crippen molar-refractivity contribution in [3.05, 3.63) is 29.3 Å². The number of alkyl halides is 1. The maximum absolute atomic E-state index is 5.78. The van der Waals surface area contributed by atoms with E-state index in [9.17, 15) is 0 Å². The van der Waals surface area contributed by atoms with Gasteiger partial charge < -0.3 is 4.74 Å². The van der Waals surface area contributed by atoms with Crippen LogP contribution in [0.2, 0.25) is 0 Å². The van der Waals surface area contributed by atoms with Crippen LogP contribution in [0.25, 0.3) is 0 Å². The topological polar surface area (TPSA) is 9.23 Å². The summed E-state index contributed by atoms with van der Waals surface area (Å²) < 4.78 is 5.78. The van der Waals surface area contributed by atoms with Gasteiger partial charge in [-0.3, -0.25) is 0 Å². The van der Waals surface area contributed by atoms with Crippen LogP contribution in [0.4, 0.5) is 0 Å². The van der Waals surface area contributed by atoms with Crippen LogP contribution in [0, 0.1) is 0 Å². The van der Waals surface area contributed by atoms with Gasteiger partial charge in [-0.2, -0.15) is 0 Å². The zero-order valence-corrected chi connectivity index (χ0v) is 11.5. The summed E-state index contributed by atoms with van der Waals surface area (Å²) in [5.41, 5.74) is 3.67. The first kappa shape index (κ1) is 12.8. The second-order valence-corrected chi connectivity index (χ2v) is 4.79. The van der Waals surface area contributed by atoms with Gasteiger partial charge in [0.25, 0.3) is 0 Å². The Balaban J connectivity index is 3.11. The molecule has 1 rings (SSSR count). The highest BCUT2D eigenvalue weighted by molar-refractivity contribution is 9.08. The molecule has 0 aliphatic carbocycles. The lowest BCUT2D eigenvalue weighted by Gasteiger charge is -2.27. The number of hydrogen-bond acceptors (Lipinski definition) is 1. The van der Waals surface area contributed by atoms with Crippen molar-refractivity contribution >= 4 is 29.2 Å². The summed E-state index contributed by atoms with van der Waals surface area (Å²) >= 11 is 3.48. The Hall–Kier alpha value is -0.275. The first-order valence-corrected chi connectivity index (χ1v) is 6.43. The maximum Gasteiger partial charge on any atom is 0.139 e. The van der Waals surface area contributed by atoms with E-state index in [0.717, 1.165) is 11.9 Å². The van der Waals surface area contributed by atoms with E-state index < -0.39 is 0 Å². The average Bonchev–Trinajstić information content (AvgIpc) is 2.18. The molecule has 0 saturated carbocycles. The average molecular weight is 269 g/mol. The van der Waals surface area contributed by atoms with Crippen molar-refractivity contribution in [2.75, 3.05) is 6.61 Å². The van der Waals surface area contributed by atoms with Crippen molar-refractivity contribution in [3.8, 4) is 0 Å². The van der Waals surface area contributed by atoms with E-state index in [-0.39, 0.29) is 5.60 Å². The summed E-state index contributed by atoms with van der Waals surface area (Å²) in [7, 11) is 2.13. The first-order chi connectivity index (χ1) is 7.01. The number of ether oxygens (including phenoxy) is 1. The minimum Gasteiger partial charge on any atom is -0.371 e. The fourth-order valence-electron chi connectivity index (χ4n) is 1.84. The van der Waals surface area contributed by atoms with Gasteiger partial charge in [-0.1, -0.05) is 39.6 Å². The third-order valence-electron chi connectivity index (χ3n) is 2.61. The van der Waals surface area contributed by atoms with Crippen LogP contribution in [0.3, 0.4) is 0 Å². The quantitative estimate of drug-likeness (QED) is 0.601. The van der Waals surface area contributed by atoms with E-state index >= 15 is 0 Å². The molecule has 0 heterocycles. The van der Waals surface area contributed by atoms with E-state index in [1.54, 1.807) is 0 Å². The molecule has 0 radical (unpaired) electrons. The molecular formula is C12H18BBrO. The Morgan fingerprint density at radius 2 is 2.07 bits per heavy atom. The molecule has 0 fully saturated rings. The zero-order valence-electron chi connectivity index (χ0n) is 9.93. The summed E-state index contributed by atoms with van der Waals surface area (Å²) in [6.45, 7) is 7.02. The highest BCUT2D eigenvalue weighted by Gasteiger charge is 2.22. The van der Waals surface area contributed by atoms with Crippen LogP contribution in [-0.4, -0.2) is 14.5 Å². The molecule has 0 N–H and O–H groups in total. The molecule has 1 aromatic carbocycles. The molecule has 82 valence electrons. The molecule has 0 bridgehead atoms. The van der Waals surface area contributed by atoms with E-state index in [1.807, 2.05) is 6.92 Å². The van der Waals surface area contributed by atoms with Gasteiger partial charge in [0.2, 0.25) is 0 Å². The minimum absolute atomic E-state index is 0.197. The lowest BCUT2D eigenvalue weighted by Crippen LogP contribution is -2.29. The van der Waals surface area contributed by atoms with Crippen LogP contribution in [0.15, 0.2) is 18.2 Å². The Morgan fingerprint density at radius 1 is 1.40 bits per heavy atom. The van der Waals surface area contributed by atoms with Crippen molar-refractivity contribution in [1.82, 2.24) is 0 Å². The zero-order chi connectivity index (χ0) is 11.5. The molecule has 15 heavy (non-hydrogen) atoms. The molecule has 0 saturated heterocycles. The van der Waals surface area contributed by atoms with Gasteiger partial charge in [0.15, 0.2) is 0 Å². The van der Waals surface area contributed by atoms with Crippen LogP contribution >= 0.6 is 15.9 Å². The van der Waals surface area contributed by atoms with E-state index in [1.165, 1.54) is 16.6 Å². The SMILES string of the molecule is Bc1ccc(CBr)cc1C(C)(C)OCC. The van der Waals surface area contributed by atoms with Gasteiger partial charge in [0.1, 0.15) is 7.85 Å². The van der Waals surface area contributed by atoms with Gasteiger partial charge in [-0.15, -0.1) is 0 Å². The fourth-order valence-corrected chi connectivity index (χ4v) is 2.19. The third kappa shape index (κ3) is 3.09. The summed E-state index contributed by atoms with van der Waals surface area (Å²) in [6, 6.07) is 6.53. The van der Waals surface area contributed by atoms with Crippen LogP contribution in [0.5, 0.6) is 0 Å². The highest BCUT2D eigenvalue weighted by atomic mass is 79.9. The Bertz CT molecular complexity index is 336. The molecule has 3 heteroatoms. The predicted molar refractivity (Wildman–Crippen MR) is 71.9 cm³/mol. The number of halogens is 1. The predicted octanol–water partition coefficient (Wildman–Crippen LogP) is 2.11. The molecule has 0 aliphatic heterocycles. The van der Waals surface area contributed by atoms with Gasteiger partial charge in [-0.25, -0.2) is 0 Å². The van der Waals surface area contributed by atoms with Crippen LogP contribution < -0.4 is 5.46 Å². The summed E-state index contributed by atoms with van der Waals surface area (Å²) in [4.78, 5) is 0. The minimum atomic E-state index is -0.197. The van der Waals surface area contributed by atoms with Crippen LogP contribution in [-0.2, 0) is 15.7 Å². The molecule has 1 nitrogen and oxygen atoms in total. The van der Waals surface area contributed by atoms with Crippen molar-refractivity contribution in [1.29, 1.82) is 0 Å². The number of rotatable bonds is 4.